The van der Waals surface area contributed by atoms with Gasteiger partial charge in [-0.2, -0.15) is 0 Å². The first-order valence-corrected chi connectivity index (χ1v) is 8.52. The van der Waals surface area contributed by atoms with Crippen molar-refractivity contribution in [2.24, 2.45) is 5.92 Å². The minimum Gasteiger partial charge on any atom is -0.508 e. The molecule has 1 aliphatic carbocycles. The molecule has 2 N–H and O–H groups in total. The van der Waals surface area contributed by atoms with E-state index in [-0.39, 0.29) is 6.04 Å². The summed E-state index contributed by atoms with van der Waals surface area (Å²) in [6.07, 6.45) is 5.50. The lowest BCUT2D eigenvalue weighted by Gasteiger charge is -2.38. The van der Waals surface area contributed by atoms with Crippen molar-refractivity contribution in [3.05, 3.63) is 69.2 Å². The largest absolute Gasteiger partial charge is 0.508 e. The Labute approximate surface area is 142 Å². The van der Waals surface area contributed by atoms with Gasteiger partial charge < -0.3 is 10.4 Å². The zero-order chi connectivity index (χ0) is 15.3. The van der Waals surface area contributed by atoms with E-state index in [1.165, 1.54) is 5.56 Å². The quantitative estimate of drug-likeness (QED) is 0.632. The summed E-state index contributed by atoms with van der Waals surface area (Å²) in [5.41, 5.74) is 3.15. The van der Waals surface area contributed by atoms with Crippen molar-refractivity contribution in [2.75, 3.05) is 5.32 Å². The van der Waals surface area contributed by atoms with Gasteiger partial charge in [0.1, 0.15) is 5.75 Å². The van der Waals surface area contributed by atoms with Gasteiger partial charge in [0, 0.05) is 16.0 Å². The summed E-state index contributed by atoms with van der Waals surface area (Å²) < 4.78 is 0.967. The second kappa shape index (κ2) is 5.32. The van der Waals surface area contributed by atoms with Crippen molar-refractivity contribution < 1.29 is 5.11 Å². The molecule has 0 aromatic heterocycles. The Bertz CT molecular complexity index is 774. The van der Waals surface area contributed by atoms with E-state index in [9.17, 15) is 5.11 Å². The first-order chi connectivity index (χ1) is 10.6. The summed E-state index contributed by atoms with van der Waals surface area (Å²) >= 11 is 9.90. The van der Waals surface area contributed by atoms with Gasteiger partial charge in [0.2, 0.25) is 0 Å². The molecule has 4 heteroatoms. The lowest BCUT2D eigenvalue weighted by atomic mass is 9.77. The van der Waals surface area contributed by atoms with Crippen LogP contribution in [0.2, 0.25) is 5.02 Å². The minimum atomic E-state index is 0.0462. The van der Waals surface area contributed by atoms with Crippen LogP contribution in [0.4, 0.5) is 5.69 Å². The number of nitrogens with one attached hydrogen (secondary N) is 1. The number of allylic oxidation sites excluding steroid dienone is 2. The molecule has 22 heavy (non-hydrogen) atoms. The topological polar surface area (TPSA) is 32.3 Å². The third kappa shape index (κ3) is 2.15. The van der Waals surface area contributed by atoms with Gasteiger partial charge in [-0.1, -0.05) is 51.8 Å². The molecule has 2 aliphatic rings. The molecule has 112 valence electrons. The Morgan fingerprint density at radius 2 is 2.05 bits per heavy atom. The molecule has 0 saturated carbocycles. The van der Waals surface area contributed by atoms with Crippen molar-refractivity contribution in [3.63, 3.8) is 0 Å². The van der Waals surface area contributed by atoms with Crippen molar-refractivity contribution in [3.8, 4) is 5.75 Å². The molecular formula is C18H15BrClNO. The fourth-order valence-electron chi connectivity index (χ4n) is 3.67. The van der Waals surface area contributed by atoms with Gasteiger partial charge in [-0.3, -0.25) is 0 Å². The molecule has 2 nitrogen and oxygen atoms in total. The van der Waals surface area contributed by atoms with Crippen LogP contribution in [0.25, 0.3) is 0 Å². The smallest absolute Gasteiger partial charge is 0.120 e. The van der Waals surface area contributed by atoms with Crippen molar-refractivity contribution >= 4 is 33.2 Å². The number of aromatic hydroxyl groups is 1. The van der Waals surface area contributed by atoms with E-state index in [4.69, 9.17) is 11.6 Å². The highest BCUT2D eigenvalue weighted by Gasteiger charge is 2.39. The molecular weight excluding hydrogens is 362 g/mol. The zero-order valence-corrected chi connectivity index (χ0v) is 14.1. The molecule has 1 aliphatic heterocycles. The lowest BCUT2D eigenvalue weighted by Crippen LogP contribution is -2.29. The SMILES string of the molecule is Oc1ccc(Br)cc1C1Nc2c(Cl)cccc2C2C=CCC21. The lowest BCUT2D eigenvalue weighted by molar-refractivity contribution is 0.402. The molecule has 0 spiro atoms. The number of fused-ring (bicyclic) bond motifs is 3. The Morgan fingerprint density at radius 3 is 2.91 bits per heavy atom. The second-order valence-electron chi connectivity index (χ2n) is 5.88. The number of anilines is 1. The van der Waals surface area contributed by atoms with E-state index < -0.39 is 0 Å². The van der Waals surface area contributed by atoms with E-state index in [0.717, 1.165) is 27.2 Å². The van der Waals surface area contributed by atoms with E-state index in [2.05, 4.69) is 39.5 Å². The summed E-state index contributed by atoms with van der Waals surface area (Å²) in [4.78, 5) is 0. The number of para-hydroxylation sites is 1. The molecule has 0 saturated heterocycles. The van der Waals surface area contributed by atoms with Crippen LogP contribution in [-0.4, -0.2) is 5.11 Å². The number of benzene rings is 2. The van der Waals surface area contributed by atoms with E-state index in [0.29, 0.717) is 17.6 Å². The van der Waals surface area contributed by atoms with Crippen LogP contribution in [0.15, 0.2) is 53.0 Å². The standard InChI is InChI=1S/C18H15BrClNO/c19-10-7-8-16(22)14(9-10)17-12-4-1-3-11(12)13-5-2-6-15(20)18(13)21-17/h1-3,5-9,11-12,17,21-22H,4H2. The molecule has 0 fully saturated rings. The number of phenolic OH excluding ortho intramolecular Hbond substituents is 1. The Hall–Kier alpha value is -1.45. The van der Waals surface area contributed by atoms with Crippen molar-refractivity contribution in [1.82, 2.24) is 0 Å². The Kier molecular flexibility index (Phi) is 3.43. The van der Waals surface area contributed by atoms with Crippen molar-refractivity contribution in [1.29, 1.82) is 0 Å². The molecule has 1 heterocycles. The predicted molar refractivity (Wildman–Crippen MR) is 93.6 cm³/mol. The van der Waals surface area contributed by atoms with Crippen LogP contribution < -0.4 is 5.32 Å². The van der Waals surface area contributed by atoms with Gasteiger partial charge in [-0.25, -0.2) is 0 Å². The average molecular weight is 377 g/mol. The first kappa shape index (κ1) is 14.2. The summed E-state index contributed by atoms with van der Waals surface area (Å²) in [5.74, 6) is 1.06. The molecule has 4 rings (SSSR count). The number of phenols is 1. The average Bonchev–Trinajstić information content (AvgIpc) is 2.99. The molecule has 3 atom stereocenters. The monoisotopic (exact) mass is 375 g/mol. The molecule has 2 aromatic carbocycles. The molecule has 0 bridgehead atoms. The number of halogens is 2. The Balaban J connectivity index is 1.85. The van der Waals surface area contributed by atoms with E-state index >= 15 is 0 Å². The molecule has 2 aromatic rings. The van der Waals surface area contributed by atoms with Crippen LogP contribution in [0, 0.1) is 5.92 Å². The number of rotatable bonds is 1. The van der Waals surface area contributed by atoms with Gasteiger partial charge in [-0.05, 0) is 42.2 Å². The van der Waals surface area contributed by atoms with Crippen LogP contribution in [0.1, 0.15) is 29.5 Å². The maximum atomic E-state index is 10.3. The number of hydrogen-bond donors (Lipinski definition) is 2. The normalized spacial score (nSPS) is 25.5. The third-order valence-electron chi connectivity index (χ3n) is 4.67. The molecule has 3 unspecified atom stereocenters. The van der Waals surface area contributed by atoms with Gasteiger partial charge in [0.25, 0.3) is 0 Å². The fraction of sp³-hybridized carbons (Fsp3) is 0.222. The molecule has 0 amide bonds. The first-order valence-electron chi connectivity index (χ1n) is 7.35. The van der Waals surface area contributed by atoms with Crippen LogP contribution >= 0.6 is 27.5 Å². The van der Waals surface area contributed by atoms with Crippen LogP contribution in [0.3, 0.4) is 0 Å². The minimum absolute atomic E-state index is 0.0462. The fourth-order valence-corrected chi connectivity index (χ4v) is 4.28. The summed E-state index contributed by atoms with van der Waals surface area (Å²) in [7, 11) is 0. The number of hydrogen-bond acceptors (Lipinski definition) is 2. The van der Waals surface area contributed by atoms with Gasteiger partial charge in [0.15, 0.2) is 0 Å². The predicted octanol–water partition coefficient (Wildman–Crippen LogP) is 5.63. The van der Waals surface area contributed by atoms with Gasteiger partial charge >= 0.3 is 0 Å². The second-order valence-corrected chi connectivity index (χ2v) is 7.21. The highest BCUT2D eigenvalue weighted by Crippen LogP contribution is 2.52. The van der Waals surface area contributed by atoms with Crippen LogP contribution in [-0.2, 0) is 0 Å². The third-order valence-corrected chi connectivity index (χ3v) is 5.48. The van der Waals surface area contributed by atoms with E-state index in [1.54, 1.807) is 6.07 Å². The van der Waals surface area contributed by atoms with Crippen molar-refractivity contribution in [2.45, 2.75) is 18.4 Å². The summed E-state index contributed by atoms with van der Waals surface area (Å²) in [5, 5.41) is 14.6. The summed E-state index contributed by atoms with van der Waals surface area (Å²) in [6, 6.07) is 11.7. The summed E-state index contributed by atoms with van der Waals surface area (Å²) in [6.45, 7) is 0. The maximum absolute atomic E-state index is 10.3. The zero-order valence-electron chi connectivity index (χ0n) is 11.8. The van der Waals surface area contributed by atoms with Gasteiger partial charge in [-0.15, -0.1) is 0 Å². The Morgan fingerprint density at radius 1 is 1.18 bits per heavy atom. The highest BCUT2D eigenvalue weighted by atomic mass is 79.9. The van der Waals surface area contributed by atoms with Crippen LogP contribution in [0.5, 0.6) is 5.75 Å². The maximum Gasteiger partial charge on any atom is 0.120 e. The highest BCUT2D eigenvalue weighted by molar-refractivity contribution is 9.10. The van der Waals surface area contributed by atoms with E-state index in [1.807, 2.05) is 24.3 Å². The van der Waals surface area contributed by atoms with Gasteiger partial charge in [0.05, 0.1) is 16.8 Å². The molecule has 0 radical (unpaired) electrons.